The third kappa shape index (κ3) is 22.9. The second-order valence-electron chi connectivity index (χ2n) is 23.9. The number of hydrogen-bond acceptors (Lipinski definition) is 25. The molecule has 3 amide bonds. The van der Waals surface area contributed by atoms with Crippen molar-refractivity contribution in [2.24, 2.45) is 11.7 Å². The van der Waals surface area contributed by atoms with Crippen LogP contribution in [-0.4, -0.2) is 173 Å². The summed E-state index contributed by atoms with van der Waals surface area (Å²) in [6.45, 7) is 14.5. The van der Waals surface area contributed by atoms with Gasteiger partial charge in [-0.15, -0.1) is 0 Å². The average molecular weight is 1310 g/mol. The molecule has 2 saturated heterocycles. The Labute approximate surface area is 537 Å². The molecule has 0 spiro atoms. The van der Waals surface area contributed by atoms with Crippen LogP contribution in [0, 0.1) is 5.92 Å². The summed E-state index contributed by atoms with van der Waals surface area (Å²) in [6, 6.07) is 22.8. The number of carbonyl (C=O) groups is 9. The number of esters is 5. The van der Waals surface area contributed by atoms with Crippen LogP contribution in [0.1, 0.15) is 112 Å². The molecule has 2 aliphatic heterocycles. The van der Waals surface area contributed by atoms with Gasteiger partial charge < -0.3 is 87.8 Å². The summed E-state index contributed by atoms with van der Waals surface area (Å²) < 4.78 is 86.6. The Morgan fingerprint density at radius 3 is 1.59 bits per heavy atom. The first kappa shape index (κ1) is 73.5. The van der Waals surface area contributed by atoms with E-state index in [0.29, 0.717) is 16.7 Å². The molecule has 508 valence electrons. The van der Waals surface area contributed by atoms with Crippen molar-refractivity contribution in [2.45, 2.75) is 200 Å². The van der Waals surface area contributed by atoms with E-state index in [1.54, 1.807) is 133 Å². The molecule has 0 aliphatic carbocycles. The van der Waals surface area contributed by atoms with Crippen molar-refractivity contribution in [3.63, 3.8) is 0 Å². The van der Waals surface area contributed by atoms with Crippen LogP contribution in [0.3, 0.4) is 0 Å². The average Bonchev–Trinajstić information content (AvgIpc) is 1.02. The molecule has 2 fully saturated rings. The summed E-state index contributed by atoms with van der Waals surface area (Å²) in [4.78, 5) is 126. The highest BCUT2D eigenvalue weighted by Gasteiger charge is 2.58. The third-order valence-corrected chi connectivity index (χ3v) is 13.8. The van der Waals surface area contributed by atoms with E-state index in [0.717, 1.165) is 44.8 Å². The van der Waals surface area contributed by atoms with Crippen molar-refractivity contribution in [3.05, 3.63) is 126 Å². The van der Waals surface area contributed by atoms with E-state index in [9.17, 15) is 43.5 Å². The molecule has 3 aromatic carbocycles. The van der Waals surface area contributed by atoms with Gasteiger partial charge in [0.2, 0.25) is 5.91 Å². The molecule has 0 radical (unpaired) electrons. The van der Waals surface area contributed by atoms with Crippen molar-refractivity contribution in [2.75, 3.05) is 13.2 Å². The van der Waals surface area contributed by atoms with Crippen molar-refractivity contribution in [1.29, 1.82) is 0 Å². The summed E-state index contributed by atoms with van der Waals surface area (Å²) in [6.07, 6.45) is -23.0. The molecule has 29 nitrogen and oxygen atoms in total. The van der Waals surface area contributed by atoms with Gasteiger partial charge in [-0.1, -0.05) is 91.0 Å². The molecule has 29 heteroatoms. The Bertz CT molecular complexity index is 3140. The molecule has 0 saturated carbocycles. The zero-order valence-corrected chi connectivity index (χ0v) is 53.8. The molecule has 93 heavy (non-hydrogen) atoms. The van der Waals surface area contributed by atoms with Crippen LogP contribution in [-0.2, 0) is 115 Å². The topological polar surface area (TPSA) is 371 Å². The highest BCUT2D eigenvalue weighted by atomic mass is 16.8. The summed E-state index contributed by atoms with van der Waals surface area (Å²) in [5.41, 5.74) is 4.90. The number of carbonyl (C=O) groups excluding carboxylic acids is 9. The predicted octanol–water partition coefficient (Wildman–Crippen LogP) is 5.32. The number of ether oxygens (including phenoxy) is 14. The molecule has 15 atom stereocenters. The number of rotatable bonds is 27. The fourth-order valence-electron chi connectivity index (χ4n) is 9.69. The highest BCUT2D eigenvalue weighted by Crippen LogP contribution is 2.39. The Hall–Kier alpha value is -8.58. The minimum absolute atomic E-state index is 0.134. The van der Waals surface area contributed by atoms with Crippen molar-refractivity contribution in [1.82, 2.24) is 20.2 Å². The van der Waals surface area contributed by atoms with E-state index in [-0.39, 0.29) is 25.5 Å². The number of alkyl carbamates (subject to hydrolysis) is 1. The third-order valence-electron chi connectivity index (χ3n) is 13.8. The van der Waals surface area contributed by atoms with E-state index >= 15 is 4.79 Å². The number of nitrogens with zero attached hydrogens (tertiary/aromatic N) is 2. The summed E-state index contributed by atoms with van der Waals surface area (Å²) in [5, 5.41) is 16.9. The fraction of sp³-hybridized carbons (Fsp3) is 0.531. The molecule has 1 aromatic heterocycles. The van der Waals surface area contributed by atoms with Crippen molar-refractivity contribution < 1.29 is 115 Å². The SMILES string of the molecule is CC(=O)OC[C@@H]1O[C@@H](O[C@@H](c2cn(C(=O)OC(C)(C)C)cn2)[C@H](NC(=O)OC(C)(C)C)C(=O)N[C@H](C)[C@@H](O)[C@H](C)C(=O)OCc2ccccc2)[C@@H](O[C@H]2O[C@H](COC(C)=O)[C@@H](OC(C)=O)[C@H](OC(N)=O)[C@@H]2OC(C)=O)[C@@H](OCc2ccccc2)[C@@H]1OCc1ccccc1. The predicted molar refractivity (Wildman–Crippen MR) is 321 cm³/mol. The first-order chi connectivity index (χ1) is 43.9. The molecular weight excluding hydrogens is 1220 g/mol. The second-order valence-corrected chi connectivity index (χ2v) is 23.9. The fourth-order valence-corrected chi connectivity index (χ4v) is 9.69. The van der Waals surface area contributed by atoms with Gasteiger partial charge >= 0.3 is 48.1 Å². The van der Waals surface area contributed by atoms with Crippen LogP contribution < -0.4 is 16.4 Å². The Balaban J connectivity index is 1.60. The lowest BCUT2D eigenvalue weighted by molar-refractivity contribution is -0.379. The van der Waals surface area contributed by atoms with Crippen molar-refractivity contribution >= 4 is 54.0 Å². The number of nitrogens with one attached hydrogen (secondary N) is 2. The van der Waals surface area contributed by atoms with E-state index < -0.39 is 170 Å². The second kappa shape index (κ2) is 33.8. The molecule has 0 unspecified atom stereocenters. The zero-order valence-electron chi connectivity index (χ0n) is 53.8. The Kier molecular flexibility index (Phi) is 26.7. The monoisotopic (exact) mass is 1310 g/mol. The number of nitrogens with two attached hydrogens (primary N) is 1. The van der Waals surface area contributed by atoms with Crippen LogP contribution in [0.25, 0.3) is 0 Å². The van der Waals surface area contributed by atoms with Gasteiger partial charge in [0.15, 0.2) is 30.9 Å². The molecule has 4 aromatic rings. The number of amides is 3. The van der Waals surface area contributed by atoms with Gasteiger partial charge in [-0.25, -0.2) is 23.9 Å². The Morgan fingerprint density at radius 1 is 0.591 bits per heavy atom. The largest absolute Gasteiger partial charge is 0.463 e. The van der Waals surface area contributed by atoms with Gasteiger partial charge in [0.1, 0.15) is 80.0 Å². The van der Waals surface area contributed by atoms with Gasteiger partial charge in [-0.2, -0.15) is 0 Å². The molecule has 6 rings (SSSR count). The minimum Gasteiger partial charge on any atom is -0.463 e. The number of hydrogen-bond donors (Lipinski definition) is 4. The molecule has 2 aliphatic rings. The first-order valence-corrected chi connectivity index (χ1v) is 29.8. The van der Waals surface area contributed by atoms with E-state index in [2.05, 4.69) is 15.6 Å². The maximum absolute atomic E-state index is 15.4. The van der Waals surface area contributed by atoms with Gasteiger partial charge in [0.25, 0.3) is 0 Å². The number of imidazole rings is 1. The number of aromatic nitrogens is 2. The van der Waals surface area contributed by atoms with Gasteiger partial charge in [0, 0.05) is 33.9 Å². The minimum atomic E-state index is -2.09. The summed E-state index contributed by atoms with van der Waals surface area (Å²) in [7, 11) is 0. The molecule has 3 heterocycles. The lowest BCUT2D eigenvalue weighted by atomic mass is 9.95. The van der Waals surface area contributed by atoms with E-state index in [1.807, 2.05) is 0 Å². The van der Waals surface area contributed by atoms with Crippen LogP contribution in [0.4, 0.5) is 14.4 Å². The molecular formula is C64H83N5O24. The van der Waals surface area contributed by atoms with E-state index in [4.69, 9.17) is 72.0 Å². The van der Waals surface area contributed by atoms with Gasteiger partial charge in [0.05, 0.1) is 37.0 Å². The van der Waals surface area contributed by atoms with Gasteiger partial charge in [-0.3, -0.25) is 28.8 Å². The Morgan fingerprint density at radius 2 is 1.09 bits per heavy atom. The normalized spacial score (nSPS) is 23.0. The summed E-state index contributed by atoms with van der Waals surface area (Å²) >= 11 is 0. The van der Waals surface area contributed by atoms with Crippen LogP contribution in [0.2, 0.25) is 0 Å². The standard InChI is InChI=1S/C64H83N5O24/c1-35(57(76)84-31-43-26-20-15-21-27-43)48(74)36(2)67-56(75)47(68-61(78)92-63(7,8)9)49(44-28-69(34-66-44)62(79)93-64(10,11)12)89-58-54(90-59-55(86-40(6)73)53(91-60(65)77)51(85-39(5)72)46(88-59)33-81-38(4)71)52(83-30-42-24-18-14-19-25-42)50(45(87-58)32-80-37(3)70)82-29-41-22-16-13-17-23-41/h13-28,34-36,45-55,58-59,74H,29-33H2,1-12H3,(H2,65,77)(H,67,75)(H,68,78)/t35-,36+,45-,46+,47-,48-,49-,50+,51+,52-,53-,54-,55-,58-,59+/m0/s1. The van der Waals surface area contributed by atoms with Crippen LogP contribution in [0.5, 0.6) is 0 Å². The van der Waals surface area contributed by atoms with E-state index in [1.165, 1.54) is 13.8 Å². The summed E-state index contributed by atoms with van der Waals surface area (Å²) in [5.74, 6) is -6.85. The van der Waals surface area contributed by atoms with Crippen molar-refractivity contribution in [3.8, 4) is 0 Å². The smallest absolute Gasteiger partial charge is 0.419 e. The number of benzene rings is 3. The van der Waals surface area contributed by atoms with Crippen LogP contribution in [0.15, 0.2) is 104 Å². The lowest BCUT2D eigenvalue weighted by Crippen LogP contribution is -2.67. The number of aliphatic hydroxyl groups is 1. The highest BCUT2D eigenvalue weighted by molar-refractivity contribution is 5.87. The van der Waals surface area contributed by atoms with Gasteiger partial charge in [-0.05, 0) is 72.1 Å². The lowest BCUT2D eigenvalue weighted by Gasteiger charge is -2.49. The maximum atomic E-state index is 15.4. The zero-order chi connectivity index (χ0) is 68.3. The number of aliphatic hydroxyl groups excluding tert-OH is 1. The first-order valence-electron chi connectivity index (χ1n) is 29.8. The maximum Gasteiger partial charge on any atom is 0.419 e. The number of primary amides is 1. The molecule has 0 bridgehead atoms. The quantitative estimate of drug-likeness (QED) is 0.0433. The van der Waals surface area contributed by atoms with Crippen LogP contribution >= 0.6 is 0 Å². The molecule has 5 N–H and O–H groups in total.